The minimum absolute atomic E-state index is 0.167. The Labute approximate surface area is 170 Å². The number of hydrogen-bond donors (Lipinski definition) is 1. The summed E-state index contributed by atoms with van der Waals surface area (Å²) in [5.74, 6) is -0.421. The van der Waals surface area contributed by atoms with E-state index < -0.39 is 0 Å². The van der Waals surface area contributed by atoms with Gasteiger partial charge in [-0.1, -0.05) is 24.3 Å². The SMILES string of the molecule is Cc1ccccc1CNC(=O)c1cncc(C(=O)N(C)CCc2ccncc2)c1. The first-order chi connectivity index (χ1) is 14.0. The van der Waals surface area contributed by atoms with Crippen LogP contribution in [-0.2, 0) is 13.0 Å². The summed E-state index contributed by atoms with van der Waals surface area (Å²) in [6.45, 7) is 2.99. The molecule has 29 heavy (non-hydrogen) atoms. The molecule has 0 saturated carbocycles. The molecular weight excluding hydrogens is 364 g/mol. The molecule has 148 valence electrons. The van der Waals surface area contributed by atoms with E-state index >= 15 is 0 Å². The molecule has 3 aromatic rings. The minimum Gasteiger partial charge on any atom is -0.348 e. The van der Waals surface area contributed by atoms with Crippen LogP contribution in [0.15, 0.2) is 67.3 Å². The standard InChI is InChI=1S/C23H24N4O2/c1-17-5-3-4-6-19(17)16-26-22(28)20-13-21(15-25-14-20)23(29)27(2)12-9-18-7-10-24-11-8-18/h3-8,10-11,13-15H,9,12,16H2,1-2H3,(H,26,28). The Morgan fingerprint density at radius 1 is 1.00 bits per heavy atom. The summed E-state index contributed by atoms with van der Waals surface area (Å²) >= 11 is 0. The zero-order valence-corrected chi connectivity index (χ0v) is 16.6. The van der Waals surface area contributed by atoms with Crippen molar-refractivity contribution in [3.63, 3.8) is 0 Å². The van der Waals surface area contributed by atoms with E-state index in [1.54, 1.807) is 30.4 Å². The van der Waals surface area contributed by atoms with Crippen LogP contribution in [-0.4, -0.2) is 40.3 Å². The topological polar surface area (TPSA) is 75.2 Å². The van der Waals surface area contributed by atoms with Crippen LogP contribution in [0.5, 0.6) is 0 Å². The van der Waals surface area contributed by atoms with E-state index in [1.807, 2.05) is 43.3 Å². The molecule has 0 aliphatic rings. The predicted octanol–water partition coefficient (Wildman–Crippen LogP) is 3.03. The Kier molecular flexibility index (Phi) is 6.68. The van der Waals surface area contributed by atoms with Crippen LogP contribution in [0.2, 0.25) is 0 Å². The number of pyridine rings is 2. The maximum absolute atomic E-state index is 12.7. The van der Waals surface area contributed by atoms with Crippen molar-refractivity contribution in [1.29, 1.82) is 0 Å². The molecule has 0 unspecified atom stereocenters. The molecule has 0 spiro atoms. The van der Waals surface area contributed by atoms with Gasteiger partial charge in [0.25, 0.3) is 11.8 Å². The van der Waals surface area contributed by atoms with E-state index in [0.29, 0.717) is 24.2 Å². The van der Waals surface area contributed by atoms with Gasteiger partial charge in [0.1, 0.15) is 0 Å². The van der Waals surface area contributed by atoms with Gasteiger partial charge >= 0.3 is 0 Å². The second kappa shape index (κ2) is 9.59. The van der Waals surface area contributed by atoms with Gasteiger partial charge in [0.2, 0.25) is 0 Å². The summed E-state index contributed by atoms with van der Waals surface area (Å²) in [6.07, 6.45) is 7.17. The largest absolute Gasteiger partial charge is 0.348 e. The molecule has 0 aliphatic heterocycles. The molecule has 0 bridgehead atoms. The summed E-state index contributed by atoms with van der Waals surface area (Å²) in [6, 6.07) is 13.3. The minimum atomic E-state index is -0.255. The second-order valence-corrected chi connectivity index (χ2v) is 6.90. The first-order valence-electron chi connectivity index (χ1n) is 9.46. The number of aromatic nitrogens is 2. The molecule has 1 N–H and O–H groups in total. The van der Waals surface area contributed by atoms with E-state index in [0.717, 1.165) is 23.1 Å². The van der Waals surface area contributed by atoms with Crippen molar-refractivity contribution < 1.29 is 9.59 Å². The van der Waals surface area contributed by atoms with E-state index in [9.17, 15) is 9.59 Å². The smallest absolute Gasteiger partial charge is 0.255 e. The van der Waals surface area contributed by atoms with Crippen molar-refractivity contribution >= 4 is 11.8 Å². The summed E-state index contributed by atoms with van der Waals surface area (Å²) in [4.78, 5) is 34.9. The highest BCUT2D eigenvalue weighted by atomic mass is 16.2. The molecule has 1 aromatic carbocycles. The second-order valence-electron chi connectivity index (χ2n) is 6.90. The van der Waals surface area contributed by atoms with Crippen LogP contribution < -0.4 is 5.32 Å². The van der Waals surface area contributed by atoms with Crippen LogP contribution in [0.4, 0.5) is 0 Å². The molecule has 0 fully saturated rings. The Balaban J connectivity index is 1.61. The Hall–Kier alpha value is -3.54. The van der Waals surface area contributed by atoms with Crippen molar-refractivity contribution in [3.05, 3.63) is 95.1 Å². The van der Waals surface area contributed by atoms with Gasteiger partial charge in [-0.05, 0) is 48.2 Å². The number of hydrogen-bond acceptors (Lipinski definition) is 4. The molecule has 0 atom stereocenters. The first-order valence-corrected chi connectivity index (χ1v) is 9.46. The zero-order chi connectivity index (χ0) is 20.6. The maximum atomic E-state index is 12.7. The third-order valence-corrected chi connectivity index (χ3v) is 4.78. The number of benzene rings is 1. The quantitative estimate of drug-likeness (QED) is 0.675. The monoisotopic (exact) mass is 388 g/mol. The average molecular weight is 388 g/mol. The highest BCUT2D eigenvalue weighted by Gasteiger charge is 2.15. The van der Waals surface area contributed by atoms with Gasteiger partial charge < -0.3 is 10.2 Å². The van der Waals surface area contributed by atoms with Crippen molar-refractivity contribution in [3.8, 4) is 0 Å². The third kappa shape index (κ3) is 5.48. The van der Waals surface area contributed by atoms with E-state index in [-0.39, 0.29) is 11.8 Å². The highest BCUT2D eigenvalue weighted by molar-refractivity contribution is 5.99. The van der Waals surface area contributed by atoms with Crippen molar-refractivity contribution in [1.82, 2.24) is 20.2 Å². The Morgan fingerprint density at radius 3 is 2.48 bits per heavy atom. The van der Waals surface area contributed by atoms with Gasteiger partial charge in [-0.15, -0.1) is 0 Å². The van der Waals surface area contributed by atoms with Gasteiger partial charge in [-0.3, -0.25) is 19.6 Å². The van der Waals surface area contributed by atoms with Crippen LogP contribution >= 0.6 is 0 Å². The van der Waals surface area contributed by atoms with Crippen molar-refractivity contribution in [2.75, 3.05) is 13.6 Å². The van der Waals surface area contributed by atoms with Gasteiger partial charge in [0.05, 0.1) is 11.1 Å². The lowest BCUT2D eigenvalue weighted by atomic mass is 10.1. The maximum Gasteiger partial charge on any atom is 0.255 e. The normalized spacial score (nSPS) is 10.4. The van der Waals surface area contributed by atoms with Gasteiger partial charge in [-0.2, -0.15) is 0 Å². The molecule has 0 saturated heterocycles. The van der Waals surface area contributed by atoms with Crippen LogP contribution in [0.25, 0.3) is 0 Å². The number of nitrogens with zero attached hydrogens (tertiary/aromatic N) is 3. The van der Waals surface area contributed by atoms with Gasteiger partial charge in [0.15, 0.2) is 0 Å². The molecule has 0 radical (unpaired) electrons. The van der Waals surface area contributed by atoms with Gasteiger partial charge in [0, 0.05) is 44.9 Å². The fourth-order valence-corrected chi connectivity index (χ4v) is 2.94. The highest BCUT2D eigenvalue weighted by Crippen LogP contribution is 2.09. The van der Waals surface area contributed by atoms with Crippen LogP contribution in [0.3, 0.4) is 0 Å². The molecular formula is C23H24N4O2. The first kappa shape index (κ1) is 20.2. The summed E-state index contributed by atoms with van der Waals surface area (Å²) in [7, 11) is 1.74. The predicted molar refractivity (Wildman–Crippen MR) is 111 cm³/mol. The van der Waals surface area contributed by atoms with E-state index in [1.165, 1.54) is 12.4 Å². The van der Waals surface area contributed by atoms with Crippen molar-refractivity contribution in [2.24, 2.45) is 0 Å². The number of amides is 2. The molecule has 6 nitrogen and oxygen atoms in total. The number of rotatable bonds is 7. The van der Waals surface area contributed by atoms with E-state index in [4.69, 9.17) is 0 Å². The average Bonchev–Trinajstić information content (AvgIpc) is 2.77. The lowest BCUT2D eigenvalue weighted by molar-refractivity contribution is 0.0796. The molecule has 2 heterocycles. The van der Waals surface area contributed by atoms with Crippen molar-refractivity contribution in [2.45, 2.75) is 19.9 Å². The fourth-order valence-electron chi connectivity index (χ4n) is 2.94. The third-order valence-electron chi connectivity index (χ3n) is 4.78. The molecule has 6 heteroatoms. The lowest BCUT2D eigenvalue weighted by Crippen LogP contribution is -2.29. The van der Waals surface area contributed by atoms with Gasteiger partial charge in [-0.25, -0.2) is 0 Å². The lowest BCUT2D eigenvalue weighted by Gasteiger charge is -2.17. The number of aryl methyl sites for hydroxylation is 1. The number of carbonyl (C=O) groups excluding carboxylic acids is 2. The molecule has 2 aromatic heterocycles. The Morgan fingerprint density at radius 2 is 1.72 bits per heavy atom. The summed E-state index contributed by atoms with van der Waals surface area (Å²) in [5.41, 5.74) is 4.04. The van der Waals surface area contributed by atoms with Crippen LogP contribution in [0, 0.1) is 6.92 Å². The molecule has 0 aliphatic carbocycles. The molecule has 2 amide bonds. The summed E-state index contributed by atoms with van der Waals surface area (Å²) in [5, 5.41) is 2.89. The molecule has 3 rings (SSSR count). The zero-order valence-electron chi connectivity index (χ0n) is 16.6. The number of likely N-dealkylation sites (N-methyl/N-ethyl adjacent to an activating group) is 1. The summed E-state index contributed by atoms with van der Waals surface area (Å²) < 4.78 is 0. The number of nitrogens with one attached hydrogen (secondary N) is 1. The number of carbonyl (C=O) groups is 2. The Bertz CT molecular complexity index is 989. The van der Waals surface area contributed by atoms with E-state index in [2.05, 4.69) is 15.3 Å². The van der Waals surface area contributed by atoms with Crippen LogP contribution in [0.1, 0.15) is 37.4 Å². The fraction of sp³-hybridized carbons (Fsp3) is 0.217.